The number of benzene rings is 2. The molecule has 35 heavy (non-hydrogen) atoms. The van der Waals surface area contributed by atoms with Gasteiger partial charge in [0, 0.05) is 6.54 Å². The number of hydrogen-bond donors (Lipinski definition) is 4. The van der Waals surface area contributed by atoms with Crippen LogP contribution in [0.4, 0.5) is 0 Å². The van der Waals surface area contributed by atoms with Crippen molar-refractivity contribution >= 4 is 41.9 Å². The van der Waals surface area contributed by atoms with Crippen LogP contribution in [-0.4, -0.2) is 65.5 Å². The lowest BCUT2D eigenvalue weighted by molar-refractivity contribution is -0.140. The molecule has 10 nitrogen and oxygen atoms in total. The molecule has 1 saturated heterocycles. The lowest BCUT2D eigenvalue weighted by atomic mass is 9.99. The minimum atomic E-state index is -4.20. The second-order valence-electron chi connectivity index (χ2n) is 8.56. The number of aromatic amines is 1. The van der Waals surface area contributed by atoms with E-state index in [0.29, 0.717) is 25.2 Å². The first-order valence-electron chi connectivity index (χ1n) is 11.4. The zero-order valence-corrected chi connectivity index (χ0v) is 20.8. The minimum absolute atomic E-state index is 0.0858. The molecule has 0 bridgehead atoms. The van der Waals surface area contributed by atoms with Gasteiger partial charge in [0.05, 0.1) is 17.3 Å². The number of amides is 2. The number of carbonyl (C=O) groups is 2. The van der Waals surface area contributed by atoms with E-state index in [1.165, 1.54) is 11.2 Å². The maximum Gasteiger partial charge on any atom is 0.335 e. The number of hydrogen-bond acceptors (Lipinski definition) is 6. The Kier molecular flexibility index (Phi) is 8.22. The largest absolute Gasteiger partial charge is 0.344 e. The Morgan fingerprint density at radius 2 is 2.00 bits per heavy atom. The normalized spacial score (nSPS) is 17.3. The third kappa shape index (κ3) is 6.91. The van der Waals surface area contributed by atoms with Gasteiger partial charge in [-0.25, -0.2) is 4.98 Å². The summed E-state index contributed by atoms with van der Waals surface area (Å²) < 4.78 is 11.1. The van der Waals surface area contributed by atoms with Crippen LogP contribution in [-0.2, 0) is 20.6 Å². The molecule has 2 heterocycles. The predicted octanol–water partition coefficient (Wildman–Crippen LogP) is 2.61. The van der Waals surface area contributed by atoms with Crippen molar-refractivity contribution in [2.45, 2.75) is 37.8 Å². The van der Waals surface area contributed by atoms with Crippen molar-refractivity contribution in [3.63, 3.8) is 0 Å². The van der Waals surface area contributed by atoms with Crippen LogP contribution in [0.3, 0.4) is 0 Å². The van der Waals surface area contributed by atoms with Crippen molar-refractivity contribution in [2.24, 2.45) is 0 Å². The standard InChI is InChI=1S/C23H28N5O5PS/c29-21(13-35-15-34(31,32)33)28-10-4-3-7-20(28)23(30)26-19(22-24-14-25-27-22)12-16-8-9-17-5-1-2-6-18(17)11-16/h1-2,5-6,8-9,11,14,19-20H,3-4,7,10,12-13,15H2,(H,26,30)(H,24,25,27)(H2,31,32,33)/t19-,20-/m0/s1. The first-order chi connectivity index (χ1) is 16.8. The van der Waals surface area contributed by atoms with E-state index in [0.717, 1.165) is 40.9 Å². The van der Waals surface area contributed by atoms with Gasteiger partial charge in [-0.1, -0.05) is 42.5 Å². The van der Waals surface area contributed by atoms with Gasteiger partial charge in [-0.2, -0.15) is 5.10 Å². The highest BCUT2D eigenvalue weighted by molar-refractivity contribution is 8.04. The van der Waals surface area contributed by atoms with Gasteiger partial charge in [0.15, 0.2) is 0 Å². The summed E-state index contributed by atoms with van der Waals surface area (Å²) in [5.74, 6) is -0.135. The molecule has 1 aliphatic rings. The summed E-state index contributed by atoms with van der Waals surface area (Å²) in [5, 5.41) is 12.1. The molecule has 2 aromatic carbocycles. The number of carbonyl (C=O) groups excluding carboxylic acids is 2. The van der Waals surface area contributed by atoms with Crippen molar-refractivity contribution in [1.82, 2.24) is 25.4 Å². The molecule has 3 aromatic rings. The van der Waals surface area contributed by atoms with Crippen LogP contribution in [0.15, 0.2) is 48.8 Å². The van der Waals surface area contributed by atoms with Crippen LogP contribution >= 0.6 is 19.4 Å². The number of piperidine rings is 1. The molecule has 0 spiro atoms. The summed E-state index contributed by atoms with van der Waals surface area (Å²) in [7, 11) is -4.20. The molecule has 1 aliphatic heterocycles. The van der Waals surface area contributed by atoms with Gasteiger partial charge >= 0.3 is 7.60 Å². The second kappa shape index (κ2) is 11.3. The van der Waals surface area contributed by atoms with E-state index in [-0.39, 0.29) is 17.6 Å². The van der Waals surface area contributed by atoms with Gasteiger partial charge in [0.2, 0.25) is 11.8 Å². The third-order valence-electron chi connectivity index (χ3n) is 5.94. The van der Waals surface area contributed by atoms with Crippen molar-refractivity contribution in [1.29, 1.82) is 0 Å². The van der Waals surface area contributed by atoms with Gasteiger partial charge in [0.1, 0.15) is 18.2 Å². The zero-order chi connectivity index (χ0) is 24.8. The summed E-state index contributed by atoms with van der Waals surface area (Å²) in [5.41, 5.74) is 0.596. The maximum absolute atomic E-state index is 13.4. The van der Waals surface area contributed by atoms with Crippen LogP contribution < -0.4 is 5.32 Å². The van der Waals surface area contributed by atoms with Gasteiger partial charge in [-0.15, -0.1) is 11.8 Å². The van der Waals surface area contributed by atoms with Crippen LogP contribution in [0.2, 0.25) is 0 Å². The van der Waals surface area contributed by atoms with Gasteiger partial charge in [-0.3, -0.25) is 19.3 Å². The van der Waals surface area contributed by atoms with Crippen LogP contribution in [0.25, 0.3) is 10.8 Å². The Balaban J connectivity index is 1.47. The molecule has 12 heteroatoms. The van der Waals surface area contributed by atoms with Crippen LogP contribution in [0.5, 0.6) is 0 Å². The van der Waals surface area contributed by atoms with E-state index >= 15 is 0 Å². The first-order valence-corrected chi connectivity index (χ1v) is 14.3. The Bertz CT molecular complexity index is 1220. The van der Waals surface area contributed by atoms with Gasteiger partial charge in [0.25, 0.3) is 0 Å². The summed E-state index contributed by atoms with van der Waals surface area (Å²) in [6, 6.07) is 13.1. The fraction of sp³-hybridized carbons (Fsp3) is 0.391. The topological polar surface area (TPSA) is 149 Å². The summed E-state index contributed by atoms with van der Waals surface area (Å²) >= 11 is 0.881. The van der Waals surface area contributed by atoms with Crippen molar-refractivity contribution in [3.05, 3.63) is 60.2 Å². The van der Waals surface area contributed by atoms with Crippen LogP contribution in [0, 0.1) is 0 Å². The lowest BCUT2D eigenvalue weighted by Crippen LogP contribution is -2.53. The average molecular weight is 518 g/mol. The van der Waals surface area contributed by atoms with E-state index in [1.54, 1.807) is 0 Å². The molecule has 4 N–H and O–H groups in total. The molecule has 1 aromatic heterocycles. The predicted molar refractivity (Wildman–Crippen MR) is 134 cm³/mol. The molecule has 0 unspecified atom stereocenters. The van der Waals surface area contributed by atoms with Gasteiger partial charge in [-0.05, 0) is 42.0 Å². The van der Waals surface area contributed by atoms with E-state index in [9.17, 15) is 14.2 Å². The molecule has 0 aliphatic carbocycles. The van der Waals surface area contributed by atoms with Gasteiger partial charge < -0.3 is 20.0 Å². The molecule has 1 fully saturated rings. The number of nitrogens with zero attached hydrogens (tertiary/aromatic N) is 3. The fourth-order valence-electron chi connectivity index (χ4n) is 4.31. The van der Waals surface area contributed by atoms with E-state index in [4.69, 9.17) is 9.79 Å². The van der Waals surface area contributed by atoms with E-state index in [2.05, 4.69) is 26.6 Å². The molecule has 4 rings (SSSR count). The Morgan fingerprint density at radius 3 is 2.74 bits per heavy atom. The number of aromatic nitrogens is 3. The number of rotatable bonds is 9. The molecule has 2 amide bonds. The molecule has 186 valence electrons. The zero-order valence-electron chi connectivity index (χ0n) is 19.0. The first kappa shape index (κ1) is 25.4. The number of fused-ring (bicyclic) bond motifs is 1. The minimum Gasteiger partial charge on any atom is -0.344 e. The van der Waals surface area contributed by atoms with Crippen LogP contribution in [0.1, 0.15) is 36.7 Å². The quantitative estimate of drug-likeness (QED) is 0.317. The molecular weight excluding hydrogens is 489 g/mol. The molecule has 2 atom stereocenters. The van der Waals surface area contributed by atoms with E-state index < -0.39 is 25.2 Å². The maximum atomic E-state index is 13.4. The number of nitrogens with one attached hydrogen (secondary N) is 2. The lowest BCUT2D eigenvalue weighted by Gasteiger charge is -2.35. The van der Waals surface area contributed by atoms with Crippen molar-refractivity contribution in [2.75, 3.05) is 17.8 Å². The van der Waals surface area contributed by atoms with E-state index in [1.807, 2.05) is 36.4 Å². The second-order valence-corrected chi connectivity index (χ2v) is 11.6. The smallest absolute Gasteiger partial charge is 0.335 e. The Hall–Kier alpha value is -2.72. The number of thioether (sulfide) groups is 1. The summed E-state index contributed by atoms with van der Waals surface area (Å²) in [6.07, 6.45) is 4.00. The van der Waals surface area contributed by atoms with Crippen molar-refractivity contribution in [3.8, 4) is 0 Å². The Labute approximate surface area is 207 Å². The fourth-order valence-corrected chi connectivity index (χ4v) is 5.96. The summed E-state index contributed by atoms with van der Waals surface area (Å²) in [4.78, 5) is 50.0. The Morgan fingerprint density at radius 1 is 1.20 bits per heavy atom. The highest BCUT2D eigenvalue weighted by Gasteiger charge is 2.33. The molecule has 0 saturated carbocycles. The molecular formula is C23H28N5O5PS. The monoisotopic (exact) mass is 517 g/mol. The van der Waals surface area contributed by atoms with Crippen molar-refractivity contribution < 1.29 is 23.9 Å². The third-order valence-corrected chi connectivity index (χ3v) is 8.47. The summed E-state index contributed by atoms with van der Waals surface area (Å²) in [6.45, 7) is 0.436. The SMILES string of the molecule is O=C(N[C@@H](Cc1ccc2ccccc2c1)c1ncn[nH]1)[C@@H]1CCCCN1C(=O)CSCP(=O)(O)O. The highest BCUT2D eigenvalue weighted by Crippen LogP contribution is 2.38. The number of H-pyrrole nitrogens is 1. The average Bonchev–Trinajstić information content (AvgIpc) is 3.38. The number of likely N-dealkylation sites (tertiary alicyclic amines) is 1. The highest BCUT2D eigenvalue weighted by atomic mass is 32.2. The molecule has 0 radical (unpaired) electrons.